The lowest BCUT2D eigenvalue weighted by Gasteiger charge is -2.14. The van der Waals surface area contributed by atoms with Gasteiger partial charge in [-0.2, -0.15) is 13.2 Å². The molecule has 1 amide bonds. The lowest BCUT2D eigenvalue weighted by Crippen LogP contribution is -2.31. The largest absolute Gasteiger partial charge is 0.490 e. The molecule has 0 aliphatic carbocycles. The van der Waals surface area contributed by atoms with Crippen molar-refractivity contribution >= 4 is 21.9 Å². The molecule has 27 heavy (non-hydrogen) atoms. The molecule has 0 aliphatic heterocycles. The molecule has 0 fully saturated rings. The lowest BCUT2D eigenvalue weighted by atomic mass is 9.94. The van der Waals surface area contributed by atoms with Crippen molar-refractivity contribution in [1.82, 2.24) is 4.72 Å². The van der Waals surface area contributed by atoms with Crippen molar-refractivity contribution < 1.29 is 36.3 Å². The van der Waals surface area contributed by atoms with E-state index in [2.05, 4.69) is 17.7 Å². The van der Waals surface area contributed by atoms with Crippen LogP contribution in [0.1, 0.15) is 24.5 Å². The first-order valence-electron chi connectivity index (χ1n) is 7.88. The number of halogens is 3. The Hall–Kier alpha value is -2.14. The zero-order valence-corrected chi connectivity index (χ0v) is 15.7. The van der Waals surface area contributed by atoms with Crippen LogP contribution >= 0.6 is 0 Å². The summed E-state index contributed by atoms with van der Waals surface area (Å²) in [6.07, 6.45) is -2.12. The second-order valence-electron chi connectivity index (χ2n) is 5.74. The molecule has 1 rings (SSSR count). The van der Waals surface area contributed by atoms with Crippen LogP contribution in [0, 0.1) is 5.92 Å². The Morgan fingerprint density at radius 3 is 2.19 bits per heavy atom. The highest BCUT2D eigenvalue weighted by atomic mass is 32.2. The van der Waals surface area contributed by atoms with E-state index in [9.17, 15) is 26.4 Å². The van der Waals surface area contributed by atoms with Crippen molar-refractivity contribution in [2.45, 2.75) is 32.4 Å². The van der Waals surface area contributed by atoms with Crippen LogP contribution in [-0.4, -0.2) is 44.4 Å². The topological polar surface area (TPSA) is 127 Å². The molecule has 154 valence electrons. The lowest BCUT2D eigenvalue weighted by molar-refractivity contribution is -0.192. The summed E-state index contributed by atoms with van der Waals surface area (Å²) < 4.78 is 56.1. The van der Waals surface area contributed by atoms with E-state index in [0.717, 1.165) is 18.2 Å². The molecular weight excluding hydrogens is 389 g/mol. The molecule has 0 saturated carbocycles. The number of carbonyl (C=O) groups is 2. The highest BCUT2D eigenvalue weighted by molar-refractivity contribution is 7.88. The molecule has 4 N–H and O–H groups in total. The molecule has 7 nitrogen and oxygen atoms in total. The van der Waals surface area contributed by atoms with Crippen LogP contribution in [0.2, 0.25) is 0 Å². The van der Waals surface area contributed by atoms with E-state index in [0.29, 0.717) is 12.8 Å². The second kappa shape index (κ2) is 10.9. The Kier molecular flexibility index (Phi) is 10.0. The number of amides is 1. The number of carboxylic acids is 1. The highest BCUT2D eigenvalue weighted by Crippen LogP contribution is 2.14. The molecule has 0 radical (unpaired) electrons. The van der Waals surface area contributed by atoms with Gasteiger partial charge < -0.3 is 10.8 Å². The number of sulfonamides is 1. The summed E-state index contributed by atoms with van der Waals surface area (Å²) in [5, 5.41) is 7.12. The summed E-state index contributed by atoms with van der Waals surface area (Å²) in [6, 6.07) is 8.01. The number of primary amides is 1. The fourth-order valence-corrected chi connectivity index (χ4v) is 2.51. The summed E-state index contributed by atoms with van der Waals surface area (Å²) in [5.74, 6) is -3.52. The van der Waals surface area contributed by atoms with Crippen LogP contribution in [0.3, 0.4) is 0 Å². The van der Waals surface area contributed by atoms with Gasteiger partial charge in [-0.3, -0.25) is 4.79 Å². The van der Waals surface area contributed by atoms with Crippen molar-refractivity contribution in [3.05, 3.63) is 35.4 Å². The number of nitrogens with one attached hydrogen (secondary N) is 1. The molecule has 1 aromatic rings. The quantitative estimate of drug-likeness (QED) is 0.596. The molecule has 0 aromatic heterocycles. The van der Waals surface area contributed by atoms with Gasteiger partial charge in [0, 0.05) is 12.5 Å². The first-order valence-corrected chi connectivity index (χ1v) is 9.77. The third kappa shape index (κ3) is 12.0. The van der Waals surface area contributed by atoms with Crippen LogP contribution in [0.4, 0.5) is 13.2 Å². The maximum Gasteiger partial charge on any atom is 0.490 e. The van der Waals surface area contributed by atoms with Crippen LogP contribution in [0.25, 0.3) is 0 Å². The molecule has 0 spiro atoms. The molecular formula is C16H23F3N2O5S. The average molecular weight is 412 g/mol. The Labute approximate surface area is 155 Å². The van der Waals surface area contributed by atoms with Gasteiger partial charge >= 0.3 is 12.1 Å². The molecule has 0 saturated heterocycles. The van der Waals surface area contributed by atoms with E-state index >= 15 is 0 Å². The number of alkyl halides is 3. The van der Waals surface area contributed by atoms with Gasteiger partial charge in [-0.15, -0.1) is 0 Å². The van der Waals surface area contributed by atoms with Crippen molar-refractivity contribution in [2.24, 2.45) is 11.7 Å². The van der Waals surface area contributed by atoms with Crippen molar-refractivity contribution in [2.75, 3.05) is 12.8 Å². The number of rotatable bonds is 8. The molecule has 1 atom stereocenters. The predicted molar refractivity (Wildman–Crippen MR) is 93.4 cm³/mol. The van der Waals surface area contributed by atoms with Crippen LogP contribution in [-0.2, 0) is 32.5 Å². The fraction of sp³-hybridized carbons (Fsp3) is 0.500. The Balaban J connectivity index is 0.000000821. The summed E-state index contributed by atoms with van der Waals surface area (Å²) in [5.41, 5.74) is 7.65. The number of hydrogen-bond acceptors (Lipinski definition) is 4. The van der Waals surface area contributed by atoms with Gasteiger partial charge in [0.05, 0.1) is 6.26 Å². The Morgan fingerprint density at radius 1 is 1.26 bits per heavy atom. The van der Waals surface area contributed by atoms with E-state index in [1.54, 1.807) is 0 Å². The number of aliphatic carboxylic acids is 1. The molecule has 1 unspecified atom stereocenters. The number of hydrogen-bond donors (Lipinski definition) is 3. The minimum absolute atomic E-state index is 0.222. The van der Waals surface area contributed by atoms with Gasteiger partial charge in [-0.05, 0) is 30.4 Å². The van der Waals surface area contributed by atoms with Crippen LogP contribution in [0.15, 0.2) is 24.3 Å². The van der Waals surface area contributed by atoms with Crippen LogP contribution < -0.4 is 10.5 Å². The third-order valence-electron chi connectivity index (χ3n) is 3.38. The number of benzene rings is 1. The van der Waals surface area contributed by atoms with E-state index in [1.807, 2.05) is 18.2 Å². The van der Waals surface area contributed by atoms with Crippen LogP contribution in [0.5, 0.6) is 0 Å². The van der Waals surface area contributed by atoms with E-state index in [1.165, 1.54) is 5.56 Å². The normalized spacial score (nSPS) is 12.6. The smallest absolute Gasteiger partial charge is 0.475 e. The minimum Gasteiger partial charge on any atom is -0.475 e. The standard InChI is InChI=1S/C14H22N2O3S.C2HF3O2/c1-3-11-5-4-6-12(9-11)10-13(14(15)17)7-8-16-20(2,18)19;3-2(4,5)1(6)7/h4-6,9,13,16H,3,7-8,10H2,1-2H3,(H2,15,17);(H,6,7). The number of carbonyl (C=O) groups excluding carboxylic acids is 1. The van der Waals surface area contributed by atoms with Gasteiger partial charge in [-0.1, -0.05) is 31.2 Å². The summed E-state index contributed by atoms with van der Waals surface area (Å²) in [7, 11) is -3.23. The van der Waals surface area contributed by atoms with Gasteiger partial charge in [0.1, 0.15) is 0 Å². The average Bonchev–Trinajstić information content (AvgIpc) is 2.52. The minimum atomic E-state index is -5.08. The number of carboxylic acid groups (broad SMARTS) is 1. The van der Waals surface area contributed by atoms with Gasteiger partial charge in [0.15, 0.2) is 0 Å². The molecule has 0 bridgehead atoms. The summed E-state index contributed by atoms with van der Waals surface area (Å²) >= 11 is 0. The maximum absolute atomic E-state index is 11.5. The first-order chi connectivity index (χ1) is 12.3. The number of nitrogens with two attached hydrogens (primary N) is 1. The molecule has 0 heterocycles. The van der Waals surface area contributed by atoms with Gasteiger partial charge in [-0.25, -0.2) is 17.9 Å². The fourth-order valence-electron chi connectivity index (χ4n) is 2.02. The third-order valence-corrected chi connectivity index (χ3v) is 4.11. The zero-order valence-electron chi connectivity index (χ0n) is 14.9. The van der Waals surface area contributed by atoms with E-state index in [-0.39, 0.29) is 12.5 Å². The van der Waals surface area contributed by atoms with Gasteiger partial charge in [0.2, 0.25) is 15.9 Å². The zero-order chi connectivity index (χ0) is 21.3. The molecule has 1 aromatic carbocycles. The Bertz CT molecular complexity index is 736. The first kappa shape index (κ1) is 24.9. The molecule has 0 aliphatic rings. The Morgan fingerprint density at radius 2 is 1.78 bits per heavy atom. The van der Waals surface area contributed by atoms with Crippen molar-refractivity contribution in [1.29, 1.82) is 0 Å². The molecule has 11 heteroatoms. The second-order valence-corrected chi connectivity index (χ2v) is 7.57. The van der Waals surface area contributed by atoms with E-state index in [4.69, 9.17) is 15.6 Å². The number of aryl methyl sites for hydroxylation is 1. The summed E-state index contributed by atoms with van der Waals surface area (Å²) in [4.78, 5) is 20.4. The van der Waals surface area contributed by atoms with E-state index < -0.39 is 28.1 Å². The highest BCUT2D eigenvalue weighted by Gasteiger charge is 2.38. The monoisotopic (exact) mass is 412 g/mol. The SMILES string of the molecule is CCc1cccc(CC(CCNS(C)(=O)=O)C(N)=O)c1.O=C(O)C(F)(F)F. The van der Waals surface area contributed by atoms with Crippen molar-refractivity contribution in [3.8, 4) is 0 Å². The van der Waals surface area contributed by atoms with Crippen molar-refractivity contribution in [3.63, 3.8) is 0 Å². The predicted octanol–water partition coefficient (Wildman–Crippen LogP) is 1.47. The maximum atomic E-state index is 11.5. The van der Waals surface area contributed by atoms with Gasteiger partial charge in [0.25, 0.3) is 0 Å². The summed E-state index contributed by atoms with van der Waals surface area (Å²) in [6.45, 7) is 2.29.